The molecule has 5 nitrogen and oxygen atoms in total. The zero-order valence-electron chi connectivity index (χ0n) is 12.0. The van der Waals surface area contributed by atoms with Crippen molar-refractivity contribution in [3.05, 3.63) is 11.1 Å². The Morgan fingerprint density at radius 1 is 1.53 bits per heavy atom. The highest BCUT2D eigenvalue weighted by Gasteiger charge is 2.13. The van der Waals surface area contributed by atoms with Crippen LogP contribution in [-0.2, 0) is 16.1 Å². The van der Waals surface area contributed by atoms with E-state index in [-0.39, 0.29) is 5.91 Å². The Hall–Kier alpha value is -0.980. The summed E-state index contributed by atoms with van der Waals surface area (Å²) in [5, 5.41) is 8.73. The number of hydrogen-bond donors (Lipinski definition) is 2. The second kappa shape index (κ2) is 8.24. The monoisotopic (exact) mass is 285 g/mol. The molecule has 0 saturated carbocycles. The van der Waals surface area contributed by atoms with Crippen LogP contribution in [0.3, 0.4) is 0 Å². The lowest BCUT2D eigenvalue weighted by Gasteiger charge is -2.21. The predicted octanol–water partition coefficient (Wildman–Crippen LogP) is 2.25. The number of carbonyl (C=O) groups is 1. The van der Waals surface area contributed by atoms with Crippen molar-refractivity contribution in [1.82, 2.24) is 10.3 Å². The van der Waals surface area contributed by atoms with Crippen LogP contribution in [0.25, 0.3) is 0 Å². The summed E-state index contributed by atoms with van der Waals surface area (Å²) in [6.07, 6.45) is 0. The molecule has 1 aromatic rings. The lowest BCUT2D eigenvalue weighted by atomic mass is 10.1. The predicted molar refractivity (Wildman–Crippen MR) is 78.4 cm³/mol. The Balaban J connectivity index is 2.45. The number of rotatable bonds is 8. The molecule has 1 unspecified atom stereocenters. The molecular formula is C13H23N3O2S. The highest BCUT2D eigenvalue weighted by Crippen LogP contribution is 2.15. The van der Waals surface area contributed by atoms with Gasteiger partial charge in [-0.2, -0.15) is 0 Å². The van der Waals surface area contributed by atoms with Gasteiger partial charge < -0.3 is 15.4 Å². The van der Waals surface area contributed by atoms with Gasteiger partial charge in [-0.1, -0.05) is 13.8 Å². The molecule has 6 heteroatoms. The van der Waals surface area contributed by atoms with Crippen molar-refractivity contribution < 1.29 is 9.53 Å². The van der Waals surface area contributed by atoms with Crippen LogP contribution in [0.5, 0.6) is 0 Å². The molecule has 108 valence electrons. The van der Waals surface area contributed by atoms with Crippen LogP contribution >= 0.6 is 11.3 Å². The third-order valence-corrected chi connectivity index (χ3v) is 3.49. The molecule has 1 amide bonds. The molecule has 0 aliphatic heterocycles. The summed E-state index contributed by atoms with van der Waals surface area (Å²) < 4.78 is 5.47. The average Bonchev–Trinajstić information content (AvgIpc) is 2.75. The number of nitrogens with zero attached hydrogens (tertiary/aromatic N) is 1. The van der Waals surface area contributed by atoms with Gasteiger partial charge in [0.05, 0.1) is 12.3 Å². The van der Waals surface area contributed by atoms with Gasteiger partial charge >= 0.3 is 0 Å². The fourth-order valence-corrected chi connectivity index (χ4v) is 2.32. The number of thiazole rings is 1. The second-order valence-corrected chi connectivity index (χ2v) is 5.57. The van der Waals surface area contributed by atoms with E-state index in [1.807, 2.05) is 12.3 Å². The Bertz CT molecular complexity index is 393. The summed E-state index contributed by atoms with van der Waals surface area (Å²) in [5.74, 6) is 0.408. The molecule has 1 heterocycles. The Labute approximate surface area is 118 Å². The first-order valence-corrected chi connectivity index (χ1v) is 7.44. The highest BCUT2D eigenvalue weighted by atomic mass is 32.1. The minimum atomic E-state index is -0.0924. The largest absolute Gasteiger partial charge is 0.380 e. The molecule has 0 fully saturated rings. The minimum absolute atomic E-state index is 0.0924. The van der Waals surface area contributed by atoms with Gasteiger partial charge in [0.1, 0.15) is 0 Å². The maximum atomic E-state index is 10.9. The van der Waals surface area contributed by atoms with Crippen LogP contribution in [0, 0.1) is 5.92 Å². The number of anilines is 1. The van der Waals surface area contributed by atoms with E-state index < -0.39 is 0 Å². The number of nitrogens with one attached hydrogen (secondary N) is 2. The van der Waals surface area contributed by atoms with E-state index in [1.165, 1.54) is 18.3 Å². The quantitative estimate of drug-likeness (QED) is 0.769. The highest BCUT2D eigenvalue weighted by molar-refractivity contribution is 7.13. The Morgan fingerprint density at radius 2 is 2.26 bits per heavy atom. The third kappa shape index (κ3) is 6.13. The molecule has 0 saturated heterocycles. The lowest BCUT2D eigenvalue weighted by molar-refractivity contribution is -0.114. The van der Waals surface area contributed by atoms with Crippen molar-refractivity contribution in [3.8, 4) is 0 Å². The van der Waals surface area contributed by atoms with Gasteiger partial charge in [-0.05, 0) is 12.8 Å². The van der Waals surface area contributed by atoms with E-state index in [1.54, 1.807) is 0 Å². The van der Waals surface area contributed by atoms with Crippen LogP contribution in [0.15, 0.2) is 5.38 Å². The average molecular weight is 285 g/mol. The normalized spacial score (nSPS) is 12.7. The van der Waals surface area contributed by atoms with Gasteiger partial charge in [0.2, 0.25) is 5.91 Å². The zero-order chi connectivity index (χ0) is 14.3. The van der Waals surface area contributed by atoms with Crippen LogP contribution in [0.4, 0.5) is 5.13 Å². The topological polar surface area (TPSA) is 63.2 Å². The van der Waals surface area contributed by atoms with Gasteiger partial charge in [-0.3, -0.25) is 4.79 Å². The van der Waals surface area contributed by atoms with Crippen LogP contribution < -0.4 is 10.6 Å². The fraction of sp³-hybridized carbons (Fsp3) is 0.692. The van der Waals surface area contributed by atoms with E-state index in [0.717, 1.165) is 12.3 Å². The summed E-state index contributed by atoms with van der Waals surface area (Å²) in [6, 6.07) is 0.311. The first-order chi connectivity index (χ1) is 9.02. The van der Waals surface area contributed by atoms with Crippen molar-refractivity contribution >= 4 is 22.4 Å². The Morgan fingerprint density at radius 3 is 2.84 bits per heavy atom. The molecular weight excluding hydrogens is 262 g/mol. The van der Waals surface area contributed by atoms with E-state index in [0.29, 0.717) is 30.2 Å². The molecule has 1 atom stereocenters. The summed E-state index contributed by atoms with van der Waals surface area (Å²) >= 11 is 1.44. The standard InChI is InChI=1S/C13H23N3O2S/c1-5-18-7-12(9(2)3)14-6-11-8-19-13(16-11)15-10(4)17/h8-9,12,14H,5-7H2,1-4H3,(H,15,16,17). The molecule has 0 aromatic carbocycles. The van der Waals surface area contributed by atoms with Gasteiger partial charge in [-0.25, -0.2) is 4.98 Å². The SMILES string of the molecule is CCOCC(NCc1csc(NC(C)=O)n1)C(C)C. The van der Waals surface area contributed by atoms with E-state index in [2.05, 4.69) is 29.5 Å². The first-order valence-electron chi connectivity index (χ1n) is 6.56. The molecule has 1 rings (SSSR count). The Kier molecular flexibility index (Phi) is 6.97. The summed E-state index contributed by atoms with van der Waals surface area (Å²) in [6.45, 7) is 9.94. The van der Waals surface area contributed by atoms with Crippen LogP contribution in [0.2, 0.25) is 0 Å². The zero-order valence-corrected chi connectivity index (χ0v) is 12.8. The number of carbonyl (C=O) groups excluding carboxylic acids is 1. The van der Waals surface area contributed by atoms with Crippen LogP contribution in [-0.4, -0.2) is 30.1 Å². The summed E-state index contributed by atoms with van der Waals surface area (Å²) in [4.78, 5) is 15.3. The molecule has 0 bridgehead atoms. The number of aromatic nitrogens is 1. The van der Waals surface area contributed by atoms with Crippen molar-refractivity contribution in [2.45, 2.75) is 40.3 Å². The molecule has 19 heavy (non-hydrogen) atoms. The lowest BCUT2D eigenvalue weighted by Crippen LogP contribution is -2.37. The van der Waals surface area contributed by atoms with E-state index in [9.17, 15) is 4.79 Å². The maximum Gasteiger partial charge on any atom is 0.223 e. The van der Waals surface area contributed by atoms with Crippen molar-refractivity contribution in [2.24, 2.45) is 5.92 Å². The first kappa shape index (κ1) is 16.1. The third-order valence-electron chi connectivity index (χ3n) is 2.69. The van der Waals surface area contributed by atoms with Crippen molar-refractivity contribution in [1.29, 1.82) is 0 Å². The number of amides is 1. The molecule has 0 spiro atoms. The van der Waals surface area contributed by atoms with Gasteiger partial charge in [0.15, 0.2) is 5.13 Å². The molecule has 0 aliphatic carbocycles. The minimum Gasteiger partial charge on any atom is -0.380 e. The molecule has 2 N–H and O–H groups in total. The number of ether oxygens (including phenoxy) is 1. The molecule has 0 radical (unpaired) electrons. The van der Waals surface area contributed by atoms with Gasteiger partial charge in [-0.15, -0.1) is 11.3 Å². The van der Waals surface area contributed by atoms with Crippen LogP contribution in [0.1, 0.15) is 33.4 Å². The summed E-state index contributed by atoms with van der Waals surface area (Å²) in [5.41, 5.74) is 0.941. The maximum absolute atomic E-state index is 10.9. The van der Waals surface area contributed by atoms with Crippen molar-refractivity contribution in [2.75, 3.05) is 18.5 Å². The summed E-state index contributed by atoms with van der Waals surface area (Å²) in [7, 11) is 0. The van der Waals surface area contributed by atoms with Gasteiger partial charge in [0.25, 0.3) is 0 Å². The van der Waals surface area contributed by atoms with Gasteiger partial charge in [0, 0.05) is 31.5 Å². The fourth-order valence-electron chi connectivity index (χ4n) is 1.56. The van der Waals surface area contributed by atoms with E-state index in [4.69, 9.17) is 4.74 Å². The smallest absolute Gasteiger partial charge is 0.223 e. The molecule has 0 aliphatic rings. The number of hydrogen-bond acceptors (Lipinski definition) is 5. The van der Waals surface area contributed by atoms with E-state index >= 15 is 0 Å². The second-order valence-electron chi connectivity index (χ2n) is 4.72. The van der Waals surface area contributed by atoms with Crippen molar-refractivity contribution in [3.63, 3.8) is 0 Å². The molecule has 1 aromatic heterocycles.